The molecule has 0 spiro atoms. The Kier molecular flexibility index (Phi) is 6.82. The number of para-hydroxylation sites is 2. The summed E-state index contributed by atoms with van der Waals surface area (Å²) in [6.45, 7) is 0. The van der Waals surface area contributed by atoms with Gasteiger partial charge in [-0.05, 0) is 42.5 Å². The maximum absolute atomic E-state index is 12.6. The van der Waals surface area contributed by atoms with Gasteiger partial charge in [-0.15, -0.1) is 0 Å². The van der Waals surface area contributed by atoms with Crippen LogP contribution in [-0.4, -0.2) is 26.2 Å². The number of halogens is 2. The fraction of sp³-hybridized carbons (Fsp3) is 0.0909. The first-order chi connectivity index (χ1) is 14.4. The lowest BCUT2D eigenvalue weighted by atomic mass is 10.2. The van der Waals surface area contributed by atoms with Crippen LogP contribution in [0.4, 0.5) is 32.3 Å². The Hall–Kier alpha value is -3.22. The van der Waals surface area contributed by atoms with Crippen LogP contribution in [0, 0.1) is 0 Å². The molecular formula is C22H20Cl2N4O2. The third-order valence-electron chi connectivity index (χ3n) is 4.44. The van der Waals surface area contributed by atoms with E-state index in [-0.39, 0.29) is 12.1 Å². The number of anilines is 4. The lowest BCUT2D eigenvalue weighted by Gasteiger charge is -2.22. The maximum atomic E-state index is 12.6. The van der Waals surface area contributed by atoms with Crippen LogP contribution in [0.25, 0.3) is 0 Å². The second-order valence-corrected chi connectivity index (χ2v) is 7.27. The van der Waals surface area contributed by atoms with Gasteiger partial charge in [0, 0.05) is 25.5 Å². The predicted octanol–water partition coefficient (Wildman–Crippen LogP) is 6.33. The third kappa shape index (κ3) is 5.03. The molecule has 3 rings (SSSR count). The second kappa shape index (κ2) is 9.52. The van der Waals surface area contributed by atoms with Gasteiger partial charge in [0.2, 0.25) is 0 Å². The van der Waals surface area contributed by atoms with Crippen molar-refractivity contribution in [2.45, 2.75) is 0 Å². The minimum atomic E-state index is -0.358. The third-order valence-corrected chi connectivity index (χ3v) is 5.10. The van der Waals surface area contributed by atoms with E-state index in [0.717, 1.165) is 0 Å². The maximum Gasteiger partial charge on any atom is 0.326 e. The van der Waals surface area contributed by atoms with Crippen molar-refractivity contribution >= 4 is 58.0 Å². The van der Waals surface area contributed by atoms with Crippen molar-refractivity contribution in [3.05, 3.63) is 82.8 Å². The lowest BCUT2D eigenvalue weighted by Crippen LogP contribution is -2.33. The molecule has 4 amide bonds. The Labute approximate surface area is 185 Å². The van der Waals surface area contributed by atoms with Crippen molar-refractivity contribution in [2.75, 3.05) is 34.5 Å². The van der Waals surface area contributed by atoms with Gasteiger partial charge in [0.05, 0.1) is 21.4 Å². The summed E-state index contributed by atoms with van der Waals surface area (Å²) in [6.07, 6.45) is 0. The molecule has 0 aliphatic carbocycles. The molecule has 3 aromatic carbocycles. The number of nitrogens with zero attached hydrogens (tertiary/aromatic N) is 2. The summed E-state index contributed by atoms with van der Waals surface area (Å²) in [5.74, 6) is 0. The van der Waals surface area contributed by atoms with Gasteiger partial charge in [-0.25, -0.2) is 9.59 Å². The van der Waals surface area contributed by atoms with Gasteiger partial charge in [-0.1, -0.05) is 53.5 Å². The molecule has 0 saturated carbocycles. The molecule has 3 aromatic rings. The van der Waals surface area contributed by atoms with Gasteiger partial charge < -0.3 is 10.6 Å². The van der Waals surface area contributed by atoms with Gasteiger partial charge >= 0.3 is 12.1 Å². The largest absolute Gasteiger partial charge is 0.326 e. The van der Waals surface area contributed by atoms with Crippen LogP contribution in [0.2, 0.25) is 10.0 Å². The van der Waals surface area contributed by atoms with Crippen LogP contribution in [-0.2, 0) is 0 Å². The standard InChI is InChI=1S/C22H20Cl2N4O2/c1-27(21(29)25-19-12-5-3-10-17(19)23)15-8-7-9-16(14-15)28(2)22(30)26-20-13-6-4-11-18(20)24/h3-14H,1-2H3,(H,25,29)(H,26,30). The van der Waals surface area contributed by atoms with Crippen LogP contribution >= 0.6 is 23.2 Å². The summed E-state index contributed by atoms with van der Waals surface area (Å²) >= 11 is 12.2. The molecule has 0 aliphatic heterocycles. The zero-order chi connectivity index (χ0) is 21.7. The monoisotopic (exact) mass is 442 g/mol. The Bertz CT molecular complexity index is 994. The van der Waals surface area contributed by atoms with Crippen molar-refractivity contribution in [1.29, 1.82) is 0 Å². The Balaban J connectivity index is 1.73. The number of nitrogens with one attached hydrogen (secondary N) is 2. The molecule has 0 radical (unpaired) electrons. The van der Waals surface area contributed by atoms with E-state index in [1.165, 1.54) is 9.80 Å². The summed E-state index contributed by atoms with van der Waals surface area (Å²) in [4.78, 5) is 28.1. The highest BCUT2D eigenvalue weighted by Crippen LogP contribution is 2.25. The van der Waals surface area contributed by atoms with Gasteiger partial charge in [-0.3, -0.25) is 9.80 Å². The highest BCUT2D eigenvalue weighted by atomic mass is 35.5. The summed E-state index contributed by atoms with van der Waals surface area (Å²) in [5, 5.41) is 6.43. The van der Waals surface area contributed by atoms with Crippen molar-refractivity contribution in [3.8, 4) is 0 Å². The number of hydrogen-bond acceptors (Lipinski definition) is 2. The first kappa shape index (κ1) is 21.5. The highest BCUT2D eigenvalue weighted by Gasteiger charge is 2.16. The number of amides is 4. The summed E-state index contributed by atoms with van der Waals surface area (Å²) in [5.41, 5.74) is 2.25. The zero-order valence-corrected chi connectivity index (χ0v) is 17.9. The minimum Gasteiger partial charge on any atom is -0.306 e. The molecule has 0 bridgehead atoms. The van der Waals surface area contributed by atoms with E-state index >= 15 is 0 Å². The van der Waals surface area contributed by atoms with Crippen molar-refractivity contribution in [3.63, 3.8) is 0 Å². The van der Waals surface area contributed by atoms with Crippen LogP contribution in [0.1, 0.15) is 0 Å². The van der Waals surface area contributed by atoms with E-state index in [1.807, 2.05) is 0 Å². The van der Waals surface area contributed by atoms with Crippen molar-refractivity contribution in [1.82, 2.24) is 0 Å². The van der Waals surface area contributed by atoms with Crippen LogP contribution in [0.5, 0.6) is 0 Å². The molecule has 0 saturated heterocycles. The molecule has 8 heteroatoms. The average Bonchev–Trinajstić information content (AvgIpc) is 2.76. The van der Waals surface area contributed by atoms with Crippen molar-refractivity contribution < 1.29 is 9.59 Å². The molecule has 6 nitrogen and oxygen atoms in total. The Morgan fingerprint density at radius 1 is 0.667 bits per heavy atom. The van der Waals surface area contributed by atoms with Gasteiger partial charge in [0.15, 0.2) is 0 Å². The summed E-state index contributed by atoms with van der Waals surface area (Å²) < 4.78 is 0. The first-order valence-corrected chi connectivity index (χ1v) is 9.81. The normalized spacial score (nSPS) is 10.3. The molecule has 0 atom stereocenters. The number of urea groups is 2. The predicted molar refractivity (Wildman–Crippen MR) is 124 cm³/mol. The number of benzene rings is 3. The molecule has 154 valence electrons. The summed E-state index contributed by atoms with van der Waals surface area (Å²) in [6, 6.07) is 20.3. The molecule has 0 aliphatic rings. The topological polar surface area (TPSA) is 64.7 Å². The van der Waals surface area contributed by atoms with E-state index in [4.69, 9.17) is 23.2 Å². The molecular weight excluding hydrogens is 423 g/mol. The van der Waals surface area contributed by atoms with Crippen LogP contribution in [0.3, 0.4) is 0 Å². The number of rotatable bonds is 4. The molecule has 0 heterocycles. The van der Waals surface area contributed by atoms with Crippen LogP contribution < -0.4 is 20.4 Å². The molecule has 30 heavy (non-hydrogen) atoms. The quantitative estimate of drug-likeness (QED) is 0.495. The highest BCUT2D eigenvalue weighted by molar-refractivity contribution is 6.34. The smallest absolute Gasteiger partial charge is 0.306 e. The number of hydrogen-bond donors (Lipinski definition) is 2. The average molecular weight is 443 g/mol. The molecule has 2 N–H and O–H groups in total. The summed E-state index contributed by atoms with van der Waals surface area (Å²) in [7, 11) is 3.27. The first-order valence-electron chi connectivity index (χ1n) is 9.05. The Morgan fingerprint density at radius 2 is 1.07 bits per heavy atom. The molecule has 0 unspecified atom stereocenters. The SMILES string of the molecule is CN(C(=O)Nc1ccccc1Cl)c1cccc(N(C)C(=O)Nc2ccccc2Cl)c1. The van der Waals surface area contributed by atoms with Gasteiger partial charge in [0.1, 0.15) is 0 Å². The molecule has 0 fully saturated rings. The fourth-order valence-electron chi connectivity index (χ4n) is 2.67. The number of carbonyl (C=O) groups is 2. The van der Waals surface area contributed by atoms with E-state index in [1.54, 1.807) is 86.9 Å². The fourth-order valence-corrected chi connectivity index (χ4v) is 3.03. The van der Waals surface area contributed by atoms with Gasteiger partial charge in [0.25, 0.3) is 0 Å². The second-order valence-electron chi connectivity index (χ2n) is 6.46. The zero-order valence-electron chi connectivity index (χ0n) is 16.4. The minimum absolute atomic E-state index is 0.358. The van der Waals surface area contributed by atoms with E-state index in [2.05, 4.69) is 10.6 Å². The Morgan fingerprint density at radius 3 is 1.47 bits per heavy atom. The van der Waals surface area contributed by atoms with Crippen molar-refractivity contribution in [2.24, 2.45) is 0 Å². The van der Waals surface area contributed by atoms with Gasteiger partial charge in [-0.2, -0.15) is 0 Å². The molecule has 0 aromatic heterocycles. The lowest BCUT2D eigenvalue weighted by molar-refractivity contribution is 0.257. The van der Waals surface area contributed by atoms with E-state index in [9.17, 15) is 9.59 Å². The van der Waals surface area contributed by atoms with Crippen LogP contribution in [0.15, 0.2) is 72.8 Å². The number of carbonyl (C=O) groups excluding carboxylic acids is 2. The van der Waals surface area contributed by atoms with E-state index < -0.39 is 0 Å². The van der Waals surface area contributed by atoms with E-state index in [0.29, 0.717) is 32.8 Å².